The number of rotatable bonds is 6. The van der Waals surface area contributed by atoms with Gasteiger partial charge in [0.05, 0.1) is 5.57 Å². The van der Waals surface area contributed by atoms with E-state index in [4.69, 9.17) is 26.9 Å². The van der Waals surface area contributed by atoms with Crippen LogP contribution in [0.25, 0.3) is 0 Å². The maximum Gasteiger partial charge on any atom is 0.456 e. The number of hydrogen-bond donors (Lipinski definition) is 0. The molecule has 1 heterocycles. The van der Waals surface area contributed by atoms with Gasteiger partial charge in [0, 0.05) is 25.1 Å². The van der Waals surface area contributed by atoms with Crippen LogP contribution in [0, 0.1) is 34.0 Å². The third kappa shape index (κ3) is 4.31. The molecule has 0 saturated carbocycles. The van der Waals surface area contributed by atoms with Gasteiger partial charge < -0.3 is 4.74 Å². The van der Waals surface area contributed by atoms with Gasteiger partial charge >= 0.3 is 5.51 Å². The second-order valence-corrected chi connectivity index (χ2v) is 6.23. The van der Waals surface area contributed by atoms with Crippen molar-refractivity contribution in [1.29, 1.82) is 15.8 Å². The van der Waals surface area contributed by atoms with Gasteiger partial charge in [-0.2, -0.15) is 29.0 Å². The Morgan fingerprint density at radius 3 is 2.39 bits per heavy atom. The van der Waals surface area contributed by atoms with Gasteiger partial charge in [-0.3, -0.25) is 0 Å². The minimum atomic E-state index is -4.62. The summed E-state index contributed by atoms with van der Waals surface area (Å²) in [6.07, 6.45) is 0.563. The molecule has 0 aliphatic carbocycles. The summed E-state index contributed by atoms with van der Waals surface area (Å²) >= 11 is 5.73. The van der Waals surface area contributed by atoms with Crippen LogP contribution in [0.1, 0.15) is 19.8 Å². The molecule has 23 heavy (non-hydrogen) atoms. The molecule has 1 saturated heterocycles. The third-order valence-corrected chi connectivity index (χ3v) is 4.69. The van der Waals surface area contributed by atoms with Crippen LogP contribution >= 0.6 is 23.5 Å². The van der Waals surface area contributed by atoms with Crippen molar-refractivity contribution in [3.05, 3.63) is 11.1 Å². The Hall–Kier alpha value is -1.44. The summed E-state index contributed by atoms with van der Waals surface area (Å²) in [5, 5.41) is 27.0. The van der Waals surface area contributed by atoms with Crippen molar-refractivity contribution >= 4 is 23.5 Å². The maximum atomic E-state index is 12.6. The minimum absolute atomic E-state index is 0.174. The smallest absolute Gasteiger partial charge is 0.373 e. The van der Waals surface area contributed by atoms with Crippen LogP contribution in [0.5, 0.6) is 0 Å². The molecule has 0 radical (unpaired) electrons. The van der Waals surface area contributed by atoms with E-state index in [1.807, 2.05) is 6.92 Å². The van der Waals surface area contributed by atoms with Crippen molar-refractivity contribution in [3.8, 4) is 18.2 Å². The standard InChI is InChI=1S/C13H12ClF3N4OS/c1-2-3-4-22-11-8-21(23-13(15,16)17)12(11,14)10(7-20)9(5-18)6-19/h11H,2-4,8H2,1H3. The second kappa shape index (κ2) is 7.90. The van der Waals surface area contributed by atoms with Crippen LogP contribution in [0.15, 0.2) is 11.1 Å². The average Bonchev–Trinajstić information content (AvgIpc) is 2.49. The van der Waals surface area contributed by atoms with Crippen LogP contribution in [0.2, 0.25) is 0 Å². The third-order valence-electron chi connectivity index (χ3n) is 3.09. The van der Waals surface area contributed by atoms with Crippen LogP contribution in [0.4, 0.5) is 13.2 Å². The quantitative estimate of drug-likeness (QED) is 0.236. The number of hydrogen-bond acceptors (Lipinski definition) is 6. The Kier molecular flexibility index (Phi) is 6.73. The van der Waals surface area contributed by atoms with Crippen molar-refractivity contribution in [2.75, 3.05) is 13.2 Å². The molecule has 5 nitrogen and oxygen atoms in total. The van der Waals surface area contributed by atoms with Gasteiger partial charge in [0.1, 0.15) is 29.9 Å². The highest BCUT2D eigenvalue weighted by Gasteiger charge is 2.60. The summed E-state index contributed by atoms with van der Waals surface area (Å²) in [5.41, 5.74) is -5.78. The Balaban J connectivity index is 3.17. The predicted octanol–water partition coefficient (Wildman–Crippen LogP) is 3.46. The number of allylic oxidation sites excluding steroid dienone is 1. The number of alkyl halides is 4. The zero-order valence-corrected chi connectivity index (χ0v) is 13.6. The first kappa shape index (κ1) is 19.6. The molecule has 0 aromatic heterocycles. The first-order chi connectivity index (χ1) is 10.7. The lowest BCUT2D eigenvalue weighted by molar-refractivity contribution is -0.0791. The largest absolute Gasteiger partial charge is 0.456 e. The highest BCUT2D eigenvalue weighted by atomic mass is 35.5. The summed E-state index contributed by atoms with van der Waals surface area (Å²) in [6, 6.07) is 4.56. The van der Waals surface area contributed by atoms with Gasteiger partial charge in [-0.1, -0.05) is 24.9 Å². The summed E-state index contributed by atoms with van der Waals surface area (Å²) in [6.45, 7) is 1.99. The minimum Gasteiger partial charge on any atom is -0.373 e. The van der Waals surface area contributed by atoms with Gasteiger partial charge in [-0.25, -0.2) is 4.31 Å². The van der Waals surface area contributed by atoms with Crippen molar-refractivity contribution in [1.82, 2.24) is 4.31 Å². The van der Waals surface area contributed by atoms with E-state index in [1.165, 1.54) is 12.1 Å². The number of ether oxygens (including phenoxy) is 1. The fourth-order valence-corrected chi connectivity index (χ4v) is 3.19. The topological polar surface area (TPSA) is 83.8 Å². The highest BCUT2D eigenvalue weighted by Crippen LogP contribution is 2.51. The van der Waals surface area contributed by atoms with Crippen LogP contribution in [-0.2, 0) is 4.74 Å². The van der Waals surface area contributed by atoms with Gasteiger partial charge in [-0.15, -0.1) is 0 Å². The van der Waals surface area contributed by atoms with E-state index in [1.54, 1.807) is 6.07 Å². The first-order valence-corrected chi connectivity index (χ1v) is 7.68. The molecule has 0 amide bonds. The van der Waals surface area contributed by atoms with Gasteiger partial charge in [0.2, 0.25) is 0 Å². The summed E-state index contributed by atoms with van der Waals surface area (Å²) in [7, 11) is 0. The van der Waals surface area contributed by atoms with Crippen molar-refractivity contribution in [2.24, 2.45) is 0 Å². The Labute approximate surface area is 141 Å². The van der Waals surface area contributed by atoms with Gasteiger partial charge in [-0.05, 0) is 6.42 Å². The van der Waals surface area contributed by atoms with E-state index in [9.17, 15) is 18.4 Å². The molecule has 1 rings (SSSR count). The molecule has 2 atom stereocenters. The number of nitrogens with zero attached hydrogens (tertiary/aromatic N) is 4. The lowest BCUT2D eigenvalue weighted by atomic mass is 9.91. The Bertz CT molecular complexity index is 588. The molecule has 0 N–H and O–H groups in total. The summed E-state index contributed by atoms with van der Waals surface area (Å²) < 4.78 is 44.0. The maximum absolute atomic E-state index is 12.6. The average molecular weight is 365 g/mol. The van der Waals surface area contributed by atoms with E-state index in [2.05, 4.69) is 0 Å². The predicted molar refractivity (Wildman–Crippen MR) is 77.4 cm³/mol. The van der Waals surface area contributed by atoms with Gasteiger partial charge in [0.25, 0.3) is 0 Å². The SMILES string of the molecule is CCCCOC1CN(SC(F)(F)F)C1(Cl)C(C#N)=C(C#N)C#N. The molecular formula is C13H12ClF3N4OS. The number of nitriles is 3. The van der Waals surface area contributed by atoms with Crippen LogP contribution in [0.3, 0.4) is 0 Å². The molecule has 2 unspecified atom stereocenters. The highest BCUT2D eigenvalue weighted by molar-refractivity contribution is 7.98. The van der Waals surface area contributed by atoms with Crippen LogP contribution < -0.4 is 0 Å². The van der Waals surface area contributed by atoms with Crippen molar-refractivity contribution in [3.63, 3.8) is 0 Å². The molecular weight excluding hydrogens is 353 g/mol. The number of halogens is 4. The molecule has 0 aromatic carbocycles. The molecule has 0 bridgehead atoms. The second-order valence-electron chi connectivity index (χ2n) is 4.57. The van der Waals surface area contributed by atoms with E-state index >= 15 is 0 Å². The molecule has 0 spiro atoms. The normalized spacial score (nSPS) is 24.0. The molecule has 124 valence electrons. The van der Waals surface area contributed by atoms with Gasteiger partial charge in [0.15, 0.2) is 5.00 Å². The Morgan fingerprint density at radius 1 is 1.35 bits per heavy atom. The fourth-order valence-electron chi connectivity index (χ4n) is 1.95. The van der Waals surface area contributed by atoms with E-state index in [-0.39, 0.29) is 13.2 Å². The summed E-state index contributed by atoms with van der Waals surface area (Å²) in [5.74, 6) is 0. The molecule has 1 fully saturated rings. The lowest BCUT2D eigenvalue weighted by Crippen LogP contribution is -2.67. The lowest BCUT2D eigenvalue weighted by Gasteiger charge is -2.52. The first-order valence-electron chi connectivity index (χ1n) is 6.53. The van der Waals surface area contributed by atoms with Crippen LogP contribution in [-0.4, -0.2) is 34.1 Å². The van der Waals surface area contributed by atoms with E-state index in [0.29, 0.717) is 10.7 Å². The molecule has 0 aromatic rings. The zero-order chi connectivity index (χ0) is 17.7. The van der Waals surface area contributed by atoms with E-state index in [0.717, 1.165) is 6.42 Å². The molecule has 1 aliphatic heterocycles. The zero-order valence-electron chi connectivity index (χ0n) is 12.0. The monoisotopic (exact) mass is 364 g/mol. The molecule has 1 aliphatic rings. The van der Waals surface area contributed by atoms with Crippen molar-refractivity contribution < 1.29 is 17.9 Å². The molecule has 10 heteroatoms. The Morgan fingerprint density at radius 2 is 1.96 bits per heavy atom. The fraction of sp³-hybridized carbons (Fsp3) is 0.615. The number of unbranched alkanes of at least 4 members (excludes halogenated alkanes) is 1. The van der Waals surface area contributed by atoms with E-state index < -0.39 is 39.7 Å². The van der Waals surface area contributed by atoms with Crippen molar-refractivity contribution in [2.45, 2.75) is 36.4 Å². The summed E-state index contributed by atoms with van der Waals surface area (Å²) in [4.78, 5) is -2.00.